The molecule has 1 radical (unpaired) electrons. The van der Waals surface area contributed by atoms with Gasteiger partial charge in [0, 0.05) is 64.4 Å². The van der Waals surface area contributed by atoms with Crippen LogP contribution in [0.25, 0.3) is 21.8 Å². The smallest absolute Gasteiger partial charge is 0.159 e. The molecule has 1 fully saturated rings. The van der Waals surface area contributed by atoms with Crippen molar-refractivity contribution in [2.45, 2.75) is 19.2 Å². The van der Waals surface area contributed by atoms with Crippen LogP contribution in [0.2, 0.25) is 5.82 Å². The Balaban J connectivity index is 0.990. The second kappa shape index (κ2) is 9.87. The number of anilines is 5. The van der Waals surface area contributed by atoms with Crippen LogP contribution >= 0.6 is 0 Å². The second-order valence-electron chi connectivity index (χ2n) is 10.2. The van der Waals surface area contributed by atoms with Crippen molar-refractivity contribution in [1.82, 2.24) is 19.9 Å². The Bertz CT molecular complexity index is 1770. The lowest BCUT2D eigenvalue weighted by atomic mass is 9.58. The first-order valence-corrected chi connectivity index (χ1v) is 13.4. The first-order valence-electron chi connectivity index (χ1n) is 13.4. The van der Waals surface area contributed by atoms with E-state index < -0.39 is 0 Å². The normalized spacial score (nSPS) is 15.2. The second-order valence-corrected chi connectivity index (χ2v) is 10.2. The van der Waals surface area contributed by atoms with Crippen molar-refractivity contribution in [3.8, 4) is 0 Å². The van der Waals surface area contributed by atoms with Crippen molar-refractivity contribution >= 4 is 63.4 Å². The third-order valence-corrected chi connectivity index (χ3v) is 7.48. The van der Waals surface area contributed by atoms with Crippen LogP contribution in [0.5, 0.6) is 0 Å². The minimum absolute atomic E-state index is 0.453. The Labute approximate surface area is 227 Å². The van der Waals surface area contributed by atoms with Crippen molar-refractivity contribution in [2.75, 3.05) is 28.6 Å². The van der Waals surface area contributed by atoms with E-state index in [1.54, 1.807) is 0 Å². The largest absolute Gasteiger partial charge is 0.361 e. The third kappa shape index (κ3) is 4.93. The van der Waals surface area contributed by atoms with Gasteiger partial charge in [-0.15, -0.1) is 0 Å². The first kappa shape index (κ1) is 23.4. The number of aryl methyl sites for hydroxylation is 1. The summed E-state index contributed by atoms with van der Waals surface area (Å²) in [5.74, 6) is 3.17. The van der Waals surface area contributed by atoms with Crippen LogP contribution in [0.15, 0.2) is 91.3 Å². The predicted octanol–water partition coefficient (Wildman–Crippen LogP) is 6.26. The van der Waals surface area contributed by atoms with E-state index >= 15 is 0 Å². The molecule has 1 unspecified atom stereocenters. The summed E-state index contributed by atoms with van der Waals surface area (Å²) in [5, 5.41) is 9.27. The molecule has 6 aromatic rings. The standard InChI is InChI=1S/C31H29BN7/c1-20-26(7-10-30(35-20)37-25-6-9-28-22(18-25)12-15-34-28)32-23-13-16-39(19-23)31-4-2-3-29(38-31)36-24-5-8-27-21(17-24)11-14-33-27/h2-12,14-15,17-18,23,33-34H,13,16,19H2,1H3,(H,35,37)(H,36,38). The summed E-state index contributed by atoms with van der Waals surface area (Å²) in [6.45, 7) is 4.02. The summed E-state index contributed by atoms with van der Waals surface area (Å²) in [5.41, 5.74) is 6.55. The number of H-pyrrole nitrogens is 2. The van der Waals surface area contributed by atoms with Crippen LogP contribution in [0.1, 0.15) is 12.1 Å². The summed E-state index contributed by atoms with van der Waals surface area (Å²) in [7, 11) is 2.37. The molecular formula is C31H29BN7. The Hall–Kier alpha value is -4.72. The number of aromatic nitrogens is 4. The van der Waals surface area contributed by atoms with Gasteiger partial charge in [-0.2, -0.15) is 0 Å². The van der Waals surface area contributed by atoms with E-state index in [9.17, 15) is 0 Å². The highest BCUT2D eigenvalue weighted by molar-refractivity contribution is 6.55. The van der Waals surface area contributed by atoms with Crippen LogP contribution in [-0.2, 0) is 0 Å². The first-order chi connectivity index (χ1) is 19.2. The molecule has 7 nitrogen and oxygen atoms in total. The molecule has 4 aromatic heterocycles. The number of hydrogen-bond donors (Lipinski definition) is 4. The van der Waals surface area contributed by atoms with Crippen LogP contribution in [0.3, 0.4) is 0 Å². The van der Waals surface area contributed by atoms with Crippen molar-refractivity contribution in [1.29, 1.82) is 0 Å². The summed E-state index contributed by atoms with van der Waals surface area (Å²) in [4.78, 5) is 18.6. The maximum Gasteiger partial charge on any atom is 0.159 e. The number of nitrogens with one attached hydrogen (secondary N) is 4. The number of hydrogen-bond acceptors (Lipinski definition) is 5. The predicted molar refractivity (Wildman–Crippen MR) is 162 cm³/mol. The van der Waals surface area contributed by atoms with Gasteiger partial charge in [0.25, 0.3) is 0 Å². The molecule has 191 valence electrons. The summed E-state index contributed by atoms with van der Waals surface area (Å²) >= 11 is 0. The van der Waals surface area contributed by atoms with Gasteiger partial charge in [-0.1, -0.05) is 17.6 Å². The van der Waals surface area contributed by atoms with E-state index in [0.29, 0.717) is 5.82 Å². The molecule has 7 rings (SSSR count). The molecule has 39 heavy (non-hydrogen) atoms. The average Bonchev–Trinajstić information content (AvgIpc) is 3.71. The van der Waals surface area contributed by atoms with Gasteiger partial charge in [-0.3, -0.25) is 0 Å². The number of aromatic amines is 2. The number of nitrogens with zero attached hydrogens (tertiary/aromatic N) is 3. The molecule has 0 saturated carbocycles. The lowest BCUT2D eigenvalue weighted by Crippen LogP contribution is -2.26. The van der Waals surface area contributed by atoms with Gasteiger partial charge in [-0.25, -0.2) is 9.97 Å². The minimum Gasteiger partial charge on any atom is -0.361 e. The molecule has 0 spiro atoms. The van der Waals surface area contributed by atoms with Crippen molar-refractivity contribution in [2.24, 2.45) is 0 Å². The van der Waals surface area contributed by atoms with E-state index in [4.69, 9.17) is 9.97 Å². The topological polar surface area (TPSA) is 84.7 Å². The van der Waals surface area contributed by atoms with Gasteiger partial charge < -0.3 is 25.5 Å². The molecule has 0 aliphatic carbocycles. The van der Waals surface area contributed by atoms with Gasteiger partial charge in [0.05, 0.1) is 0 Å². The van der Waals surface area contributed by atoms with Crippen molar-refractivity contribution in [3.05, 3.63) is 97.0 Å². The number of rotatable bonds is 7. The average molecular weight is 510 g/mol. The number of pyridine rings is 2. The highest BCUT2D eigenvalue weighted by Gasteiger charge is 2.25. The zero-order valence-corrected chi connectivity index (χ0v) is 21.8. The fourth-order valence-corrected chi connectivity index (χ4v) is 5.43. The van der Waals surface area contributed by atoms with E-state index in [1.165, 1.54) is 16.2 Å². The third-order valence-electron chi connectivity index (χ3n) is 7.48. The number of benzene rings is 2. The zero-order chi connectivity index (χ0) is 26.2. The molecule has 8 heteroatoms. The fraction of sp³-hybridized carbons (Fsp3) is 0.161. The van der Waals surface area contributed by atoms with Crippen LogP contribution in [0, 0.1) is 6.92 Å². The summed E-state index contributed by atoms with van der Waals surface area (Å²) in [6.07, 6.45) is 5.02. The number of fused-ring (bicyclic) bond motifs is 2. The molecule has 1 aliphatic heterocycles. The van der Waals surface area contributed by atoms with Crippen molar-refractivity contribution < 1.29 is 0 Å². The molecule has 0 bridgehead atoms. The summed E-state index contributed by atoms with van der Waals surface area (Å²) in [6, 6.07) is 27.2. The van der Waals surface area contributed by atoms with Gasteiger partial charge in [0.15, 0.2) is 7.28 Å². The van der Waals surface area contributed by atoms with Gasteiger partial charge in [0.2, 0.25) is 0 Å². The van der Waals surface area contributed by atoms with Gasteiger partial charge >= 0.3 is 0 Å². The Morgan fingerprint density at radius 1 is 0.795 bits per heavy atom. The molecule has 5 heterocycles. The Morgan fingerprint density at radius 3 is 2.18 bits per heavy atom. The SMILES string of the molecule is Cc1nc(Nc2ccc3[nH]ccc3c2)ccc1[B]C1CCN(c2cccc(Nc3ccc4[nH]ccc4c3)n2)C1. The highest BCUT2D eigenvalue weighted by Crippen LogP contribution is 2.28. The lowest BCUT2D eigenvalue weighted by molar-refractivity contribution is 0.932. The quantitative estimate of drug-likeness (QED) is 0.191. The highest BCUT2D eigenvalue weighted by atomic mass is 15.2. The van der Waals surface area contributed by atoms with Crippen LogP contribution in [-0.4, -0.2) is 40.3 Å². The van der Waals surface area contributed by atoms with Gasteiger partial charge in [0.1, 0.15) is 17.5 Å². The van der Waals surface area contributed by atoms with Crippen LogP contribution in [0.4, 0.5) is 28.8 Å². The molecular weight excluding hydrogens is 481 g/mol. The monoisotopic (exact) mass is 510 g/mol. The molecule has 1 aliphatic rings. The summed E-state index contributed by atoms with van der Waals surface area (Å²) < 4.78 is 0. The minimum atomic E-state index is 0.453. The van der Waals surface area contributed by atoms with E-state index in [2.05, 4.69) is 113 Å². The Morgan fingerprint density at radius 2 is 1.49 bits per heavy atom. The van der Waals surface area contributed by atoms with Crippen LogP contribution < -0.4 is 21.0 Å². The Kier molecular flexibility index (Phi) is 5.92. The zero-order valence-electron chi connectivity index (χ0n) is 21.8. The van der Waals surface area contributed by atoms with E-state index in [1.807, 2.05) is 18.5 Å². The fourth-order valence-electron chi connectivity index (χ4n) is 5.43. The molecule has 1 saturated heterocycles. The maximum absolute atomic E-state index is 4.91. The van der Waals surface area contributed by atoms with Gasteiger partial charge in [-0.05, 0) is 85.9 Å². The van der Waals surface area contributed by atoms with E-state index in [0.717, 1.165) is 65.1 Å². The molecule has 0 amide bonds. The molecule has 2 aromatic carbocycles. The maximum atomic E-state index is 4.91. The lowest BCUT2D eigenvalue weighted by Gasteiger charge is -2.19. The van der Waals surface area contributed by atoms with E-state index in [-0.39, 0.29) is 0 Å². The molecule has 4 N–H and O–H groups in total. The van der Waals surface area contributed by atoms with Crippen molar-refractivity contribution in [3.63, 3.8) is 0 Å². The molecule has 1 atom stereocenters.